The minimum absolute atomic E-state index is 0.675. The van der Waals surface area contributed by atoms with Crippen molar-refractivity contribution < 1.29 is 0 Å². The number of fused-ring (bicyclic) bond motifs is 5. The summed E-state index contributed by atoms with van der Waals surface area (Å²) in [5, 5.41) is 1.36. The van der Waals surface area contributed by atoms with E-state index in [9.17, 15) is 0 Å². The normalized spacial score (nSPS) is 26.8. The maximum absolute atomic E-state index is 5.00. The van der Waals surface area contributed by atoms with Crippen LogP contribution >= 0.6 is 11.3 Å². The summed E-state index contributed by atoms with van der Waals surface area (Å²) in [4.78, 5) is 19.7. The Bertz CT molecular complexity index is 743. The Morgan fingerprint density at radius 1 is 1.15 bits per heavy atom. The Hall–Kier alpha value is -1.24. The van der Waals surface area contributed by atoms with Crippen molar-refractivity contribution in [1.82, 2.24) is 24.8 Å². The molecule has 6 heteroatoms. The van der Waals surface area contributed by atoms with Crippen LogP contribution in [0.25, 0.3) is 0 Å². The lowest BCUT2D eigenvalue weighted by atomic mass is 9.95. The predicted octanol–water partition coefficient (Wildman–Crippen LogP) is 3.15. The van der Waals surface area contributed by atoms with Gasteiger partial charge in [0.1, 0.15) is 5.01 Å². The molecule has 2 aromatic rings. The van der Waals surface area contributed by atoms with Crippen LogP contribution in [0.2, 0.25) is 0 Å². The van der Waals surface area contributed by atoms with Gasteiger partial charge in [-0.1, -0.05) is 0 Å². The summed E-state index contributed by atoms with van der Waals surface area (Å²) in [7, 11) is 0. The van der Waals surface area contributed by atoms with Crippen LogP contribution in [0.4, 0.5) is 0 Å². The van der Waals surface area contributed by atoms with Crippen LogP contribution in [0.5, 0.6) is 0 Å². The maximum Gasteiger partial charge on any atom is 0.107 e. The van der Waals surface area contributed by atoms with Gasteiger partial charge in [0, 0.05) is 42.8 Å². The van der Waals surface area contributed by atoms with Gasteiger partial charge in [-0.2, -0.15) is 0 Å². The van der Waals surface area contributed by atoms with Gasteiger partial charge in [-0.3, -0.25) is 9.80 Å². The standard InChI is InChI=1S/C20H29N5S/c1-14-18(22-13-21-14)11-24-8-15-6-7-16(10-24)25(9-15)12-20-23-17-4-2-3-5-19(17)26-20/h13,15-16H,2-12H2,1H3,(H,21,22)/t15-,16+/m0/s1. The second kappa shape index (κ2) is 7.06. The zero-order chi connectivity index (χ0) is 17.5. The lowest BCUT2D eigenvalue weighted by molar-refractivity contribution is 0.123. The number of rotatable bonds is 4. The zero-order valence-electron chi connectivity index (χ0n) is 15.7. The van der Waals surface area contributed by atoms with Crippen LogP contribution in [0.1, 0.15) is 52.6 Å². The number of aromatic amines is 1. The van der Waals surface area contributed by atoms with E-state index in [2.05, 4.69) is 26.7 Å². The summed E-state index contributed by atoms with van der Waals surface area (Å²) in [5.41, 5.74) is 3.84. The summed E-state index contributed by atoms with van der Waals surface area (Å²) in [6, 6.07) is 0.675. The Balaban J connectivity index is 1.28. The molecule has 3 fully saturated rings. The van der Waals surface area contributed by atoms with Gasteiger partial charge >= 0.3 is 0 Å². The summed E-state index contributed by atoms with van der Waals surface area (Å²) < 4.78 is 0. The Morgan fingerprint density at radius 2 is 2.08 bits per heavy atom. The molecule has 0 saturated carbocycles. The molecule has 6 rings (SSSR count). The van der Waals surface area contributed by atoms with Gasteiger partial charge in [0.15, 0.2) is 0 Å². The minimum Gasteiger partial charge on any atom is -0.348 e. The fourth-order valence-electron chi connectivity index (χ4n) is 5.00. The molecular formula is C20H29N5S. The molecule has 0 unspecified atom stereocenters. The Kier molecular flexibility index (Phi) is 4.59. The predicted molar refractivity (Wildman–Crippen MR) is 104 cm³/mol. The number of nitrogens with zero attached hydrogens (tertiary/aromatic N) is 4. The third-order valence-electron chi connectivity index (χ3n) is 6.44. The topological polar surface area (TPSA) is 48.1 Å². The van der Waals surface area contributed by atoms with E-state index in [1.54, 1.807) is 4.88 Å². The van der Waals surface area contributed by atoms with E-state index in [0.717, 1.165) is 19.0 Å². The molecule has 2 aromatic heterocycles. The first-order valence-corrected chi connectivity index (χ1v) is 11.0. The molecule has 5 heterocycles. The summed E-state index contributed by atoms with van der Waals surface area (Å²) in [5.74, 6) is 0.794. The number of thiazole rings is 1. The van der Waals surface area contributed by atoms with Gasteiger partial charge in [-0.25, -0.2) is 9.97 Å². The van der Waals surface area contributed by atoms with Crippen molar-refractivity contribution in [3.05, 3.63) is 33.3 Å². The summed E-state index contributed by atoms with van der Waals surface area (Å²) >= 11 is 1.99. The molecule has 2 bridgehead atoms. The number of hydrogen-bond acceptors (Lipinski definition) is 5. The molecule has 0 spiro atoms. The largest absolute Gasteiger partial charge is 0.348 e. The highest BCUT2D eigenvalue weighted by atomic mass is 32.1. The molecular weight excluding hydrogens is 342 g/mol. The van der Waals surface area contributed by atoms with Gasteiger partial charge in [-0.15, -0.1) is 11.3 Å². The molecule has 26 heavy (non-hydrogen) atoms. The molecule has 4 aliphatic rings. The van der Waals surface area contributed by atoms with Crippen molar-refractivity contribution in [3.8, 4) is 0 Å². The average molecular weight is 372 g/mol. The average Bonchev–Trinajstić information content (AvgIpc) is 3.11. The molecule has 140 valence electrons. The minimum atomic E-state index is 0.675. The second-order valence-electron chi connectivity index (χ2n) is 8.38. The molecule has 0 amide bonds. The molecule has 0 aromatic carbocycles. The van der Waals surface area contributed by atoms with E-state index >= 15 is 0 Å². The van der Waals surface area contributed by atoms with Crippen LogP contribution in [-0.4, -0.2) is 50.4 Å². The quantitative estimate of drug-likeness (QED) is 0.897. The SMILES string of the molecule is Cc1[nH]cnc1CN1C[C@@H]2CC[C@H](C1)N(Cc1nc3c(s1)CCCC3)C2. The van der Waals surface area contributed by atoms with Gasteiger partial charge in [0.25, 0.3) is 0 Å². The fraction of sp³-hybridized carbons (Fsp3) is 0.700. The zero-order valence-corrected chi connectivity index (χ0v) is 16.5. The van der Waals surface area contributed by atoms with E-state index in [1.807, 2.05) is 17.7 Å². The molecule has 1 aliphatic carbocycles. The lowest BCUT2D eigenvalue weighted by Gasteiger charge is -2.35. The molecule has 1 N–H and O–H groups in total. The summed E-state index contributed by atoms with van der Waals surface area (Å²) in [6.45, 7) is 7.81. The fourth-order valence-corrected chi connectivity index (χ4v) is 6.19. The number of H-pyrrole nitrogens is 1. The van der Waals surface area contributed by atoms with Crippen molar-refractivity contribution in [3.63, 3.8) is 0 Å². The van der Waals surface area contributed by atoms with Crippen LogP contribution in [0.3, 0.4) is 0 Å². The number of piperidine rings is 1. The second-order valence-corrected chi connectivity index (χ2v) is 9.55. The maximum atomic E-state index is 5.00. The van der Waals surface area contributed by atoms with Crippen molar-refractivity contribution in [2.75, 3.05) is 19.6 Å². The monoisotopic (exact) mass is 371 g/mol. The highest BCUT2D eigenvalue weighted by Gasteiger charge is 2.35. The van der Waals surface area contributed by atoms with Crippen LogP contribution in [0.15, 0.2) is 6.33 Å². The lowest BCUT2D eigenvalue weighted by Crippen LogP contribution is -2.43. The third-order valence-corrected chi connectivity index (χ3v) is 7.58. The van der Waals surface area contributed by atoms with Gasteiger partial charge in [-0.05, 0) is 51.4 Å². The van der Waals surface area contributed by atoms with E-state index in [0.29, 0.717) is 6.04 Å². The number of imidazole rings is 1. The van der Waals surface area contributed by atoms with Gasteiger partial charge in [0.2, 0.25) is 0 Å². The third kappa shape index (κ3) is 3.35. The smallest absolute Gasteiger partial charge is 0.107 e. The molecule has 5 nitrogen and oxygen atoms in total. The molecule has 3 saturated heterocycles. The highest BCUT2D eigenvalue weighted by Crippen LogP contribution is 2.32. The van der Waals surface area contributed by atoms with Crippen LogP contribution in [0, 0.1) is 12.8 Å². The van der Waals surface area contributed by atoms with E-state index in [1.165, 1.54) is 80.2 Å². The van der Waals surface area contributed by atoms with Crippen molar-refractivity contribution >= 4 is 11.3 Å². The number of nitrogens with one attached hydrogen (secondary N) is 1. The highest BCUT2D eigenvalue weighted by molar-refractivity contribution is 7.11. The van der Waals surface area contributed by atoms with Crippen LogP contribution < -0.4 is 0 Å². The molecule has 2 atom stereocenters. The van der Waals surface area contributed by atoms with Crippen LogP contribution in [-0.2, 0) is 25.9 Å². The van der Waals surface area contributed by atoms with Crippen molar-refractivity contribution in [2.24, 2.45) is 5.92 Å². The van der Waals surface area contributed by atoms with Crippen molar-refractivity contribution in [2.45, 2.75) is 64.6 Å². The van der Waals surface area contributed by atoms with Crippen molar-refractivity contribution in [1.29, 1.82) is 0 Å². The molecule has 3 aliphatic heterocycles. The summed E-state index contributed by atoms with van der Waals surface area (Å²) in [6.07, 6.45) is 9.69. The number of aryl methyl sites for hydroxylation is 3. The Labute approximate surface area is 159 Å². The van der Waals surface area contributed by atoms with E-state index in [4.69, 9.17) is 4.98 Å². The Morgan fingerprint density at radius 3 is 2.92 bits per heavy atom. The van der Waals surface area contributed by atoms with Gasteiger partial charge in [0.05, 0.1) is 24.3 Å². The molecule has 0 radical (unpaired) electrons. The van der Waals surface area contributed by atoms with E-state index < -0.39 is 0 Å². The number of hydrogen-bond donors (Lipinski definition) is 1. The first-order chi connectivity index (χ1) is 12.7. The first kappa shape index (κ1) is 16.9. The first-order valence-electron chi connectivity index (χ1n) is 10.2. The van der Waals surface area contributed by atoms with E-state index in [-0.39, 0.29) is 0 Å². The number of aromatic nitrogens is 3. The van der Waals surface area contributed by atoms with Gasteiger partial charge < -0.3 is 4.98 Å².